The van der Waals surface area contributed by atoms with Gasteiger partial charge in [-0.3, -0.25) is 0 Å². The fourth-order valence-corrected chi connectivity index (χ4v) is 1.72. The van der Waals surface area contributed by atoms with E-state index in [1.165, 1.54) is 0 Å². The zero-order valence-electron chi connectivity index (χ0n) is 9.19. The van der Waals surface area contributed by atoms with Gasteiger partial charge in [0.15, 0.2) is 0 Å². The average Bonchev–Trinajstić information content (AvgIpc) is 2.83. The Bertz CT molecular complexity index is 497. The molecule has 0 fully saturated rings. The maximum Gasteiger partial charge on any atom is 0.129 e. The van der Waals surface area contributed by atoms with Crippen LogP contribution in [-0.4, -0.2) is 33.8 Å². The Labute approximate surface area is 104 Å². The van der Waals surface area contributed by atoms with Crippen molar-refractivity contribution in [3.05, 3.63) is 30.0 Å². The maximum absolute atomic E-state index is 9.35. The maximum atomic E-state index is 9.35. The first-order valence-corrected chi connectivity index (χ1v) is 5.85. The first-order valence-electron chi connectivity index (χ1n) is 5.32. The number of hydrogen-bond donors (Lipinski definition) is 3. The van der Waals surface area contributed by atoms with Gasteiger partial charge in [0.2, 0.25) is 0 Å². The van der Waals surface area contributed by atoms with Crippen LogP contribution in [0.25, 0.3) is 10.9 Å². The van der Waals surface area contributed by atoms with Crippen molar-refractivity contribution < 1.29 is 14.9 Å². The topological polar surface area (TPSA) is 65.5 Å². The summed E-state index contributed by atoms with van der Waals surface area (Å²) in [5.41, 5.74) is 1.65. The van der Waals surface area contributed by atoms with Crippen LogP contribution in [0, 0.1) is 0 Å². The minimum absolute atomic E-state index is 0.0522. The van der Waals surface area contributed by atoms with E-state index in [1.54, 1.807) is 12.3 Å². The molecule has 0 aliphatic carbocycles. The number of rotatable bonds is 5. The Hall–Kier alpha value is -1.23. The smallest absolute Gasteiger partial charge is 0.129 e. The number of benzene rings is 1. The van der Waals surface area contributed by atoms with Crippen LogP contribution in [0.5, 0.6) is 5.75 Å². The van der Waals surface area contributed by atoms with E-state index >= 15 is 0 Å². The summed E-state index contributed by atoms with van der Waals surface area (Å²) in [6.45, 7) is 0.0854. The molecule has 5 heteroatoms. The van der Waals surface area contributed by atoms with Gasteiger partial charge in [-0.2, -0.15) is 0 Å². The quantitative estimate of drug-likeness (QED) is 0.712. The highest BCUT2D eigenvalue weighted by Crippen LogP contribution is 2.27. The number of aromatic nitrogens is 1. The van der Waals surface area contributed by atoms with Crippen LogP contribution < -0.4 is 4.74 Å². The Morgan fingerprint density at radius 1 is 1.41 bits per heavy atom. The lowest BCUT2D eigenvalue weighted by Crippen LogP contribution is -2.18. The molecule has 1 unspecified atom stereocenters. The molecule has 3 N–H and O–H groups in total. The van der Waals surface area contributed by atoms with E-state index in [9.17, 15) is 5.11 Å². The zero-order valence-corrected chi connectivity index (χ0v) is 9.94. The summed E-state index contributed by atoms with van der Waals surface area (Å²) < 4.78 is 5.51. The number of aromatic amines is 1. The third-order valence-corrected chi connectivity index (χ3v) is 2.84. The van der Waals surface area contributed by atoms with Crippen LogP contribution in [0.1, 0.15) is 5.56 Å². The SMILES string of the molecule is OCc1cc(OCC(O)CCl)c2cc[nH]c2c1. The lowest BCUT2D eigenvalue weighted by Gasteiger charge is -2.11. The van der Waals surface area contributed by atoms with Crippen molar-refractivity contribution >= 4 is 22.5 Å². The number of fused-ring (bicyclic) bond motifs is 1. The van der Waals surface area contributed by atoms with Gasteiger partial charge in [-0.25, -0.2) is 0 Å². The summed E-state index contributed by atoms with van der Waals surface area (Å²) in [5.74, 6) is 0.771. The first kappa shape index (κ1) is 12.2. The van der Waals surface area contributed by atoms with E-state index in [0.29, 0.717) is 5.75 Å². The molecule has 1 aromatic carbocycles. The summed E-state index contributed by atoms with van der Waals surface area (Å²) in [6.07, 6.45) is 1.11. The van der Waals surface area contributed by atoms with Crippen LogP contribution in [-0.2, 0) is 6.61 Å². The number of aliphatic hydroxyl groups is 2. The summed E-state index contributed by atoms with van der Waals surface area (Å²) in [7, 11) is 0. The molecule has 1 heterocycles. The van der Waals surface area contributed by atoms with Gasteiger partial charge in [-0.1, -0.05) is 0 Å². The van der Waals surface area contributed by atoms with Gasteiger partial charge in [-0.15, -0.1) is 11.6 Å². The van der Waals surface area contributed by atoms with Gasteiger partial charge in [0.1, 0.15) is 18.5 Å². The van der Waals surface area contributed by atoms with Crippen LogP contribution >= 0.6 is 11.6 Å². The standard InChI is InChI=1S/C12H14ClNO3/c13-5-9(16)7-17-12-4-8(6-15)3-11-10(12)1-2-14-11/h1-4,9,14-16H,5-7H2. The van der Waals surface area contributed by atoms with E-state index in [1.807, 2.05) is 12.1 Å². The molecule has 0 amide bonds. The molecule has 0 radical (unpaired) electrons. The van der Waals surface area contributed by atoms with Crippen molar-refractivity contribution in [1.29, 1.82) is 0 Å². The van der Waals surface area contributed by atoms with Gasteiger partial charge in [0.05, 0.1) is 12.5 Å². The second-order valence-corrected chi connectivity index (χ2v) is 4.12. The minimum Gasteiger partial charge on any atom is -0.490 e. The normalized spacial score (nSPS) is 12.9. The van der Waals surface area contributed by atoms with E-state index in [0.717, 1.165) is 16.5 Å². The number of alkyl halides is 1. The van der Waals surface area contributed by atoms with E-state index in [2.05, 4.69) is 4.98 Å². The monoisotopic (exact) mass is 255 g/mol. The molecule has 0 spiro atoms. The van der Waals surface area contributed by atoms with Crippen LogP contribution in [0.4, 0.5) is 0 Å². The van der Waals surface area contributed by atoms with Crippen molar-refractivity contribution in [3.8, 4) is 5.75 Å². The fourth-order valence-electron chi connectivity index (χ4n) is 1.63. The average molecular weight is 256 g/mol. The molecule has 0 aliphatic heterocycles. The molecule has 92 valence electrons. The summed E-state index contributed by atoms with van der Waals surface area (Å²) in [4.78, 5) is 3.06. The Balaban J connectivity index is 2.27. The van der Waals surface area contributed by atoms with Crippen molar-refractivity contribution in [2.45, 2.75) is 12.7 Å². The predicted molar refractivity (Wildman–Crippen MR) is 66.4 cm³/mol. The molecular weight excluding hydrogens is 242 g/mol. The number of aliphatic hydroxyl groups excluding tert-OH is 2. The molecule has 4 nitrogen and oxygen atoms in total. The first-order chi connectivity index (χ1) is 8.24. The molecule has 0 saturated heterocycles. The lowest BCUT2D eigenvalue weighted by atomic mass is 10.1. The van der Waals surface area contributed by atoms with Gasteiger partial charge in [0.25, 0.3) is 0 Å². The third-order valence-electron chi connectivity index (χ3n) is 2.48. The summed E-state index contributed by atoms with van der Waals surface area (Å²) >= 11 is 5.50. The van der Waals surface area contributed by atoms with Crippen LogP contribution in [0.3, 0.4) is 0 Å². The van der Waals surface area contributed by atoms with Crippen LogP contribution in [0.15, 0.2) is 24.4 Å². The Morgan fingerprint density at radius 2 is 2.24 bits per heavy atom. The zero-order chi connectivity index (χ0) is 12.3. The van der Waals surface area contributed by atoms with Gasteiger partial charge in [0, 0.05) is 17.1 Å². The van der Waals surface area contributed by atoms with Gasteiger partial charge < -0.3 is 19.9 Å². The van der Waals surface area contributed by atoms with E-state index < -0.39 is 6.10 Å². The highest BCUT2D eigenvalue weighted by molar-refractivity contribution is 6.18. The van der Waals surface area contributed by atoms with E-state index in [4.69, 9.17) is 21.4 Å². The number of H-pyrrole nitrogens is 1. The minimum atomic E-state index is -0.691. The lowest BCUT2D eigenvalue weighted by molar-refractivity contribution is 0.126. The van der Waals surface area contributed by atoms with Crippen molar-refractivity contribution in [2.75, 3.05) is 12.5 Å². The number of ether oxygens (including phenoxy) is 1. The summed E-state index contributed by atoms with van der Waals surface area (Å²) in [6, 6.07) is 5.51. The predicted octanol–water partition coefficient (Wildman–Crippen LogP) is 1.64. The molecule has 1 atom stereocenters. The van der Waals surface area contributed by atoms with E-state index in [-0.39, 0.29) is 19.1 Å². The largest absolute Gasteiger partial charge is 0.490 e. The number of nitrogens with one attached hydrogen (secondary N) is 1. The molecule has 0 saturated carbocycles. The van der Waals surface area contributed by atoms with Gasteiger partial charge >= 0.3 is 0 Å². The Kier molecular flexibility index (Phi) is 3.89. The molecule has 17 heavy (non-hydrogen) atoms. The van der Waals surface area contributed by atoms with Crippen LogP contribution in [0.2, 0.25) is 0 Å². The third kappa shape index (κ3) is 2.72. The molecule has 0 aliphatic rings. The molecular formula is C12H14ClNO3. The second-order valence-electron chi connectivity index (χ2n) is 3.81. The molecule has 2 rings (SSSR count). The van der Waals surface area contributed by atoms with Gasteiger partial charge in [-0.05, 0) is 23.8 Å². The fraction of sp³-hybridized carbons (Fsp3) is 0.333. The highest BCUT2D eigenvalue weighted by atomic mass is 35.5. The summed E-state index contributed by atoms with van der Waals surface area (Å²) in [5, 5.41) is 19.4. The van der Waals surface area contributed by atoms with Crippen molar-refractivity contribution in [3.63, 3.8) is 0 Å². The number of halogens is 1. The second kappa shape index (κ2) is 5.40. The molecule has 1 aromatic heterocycles. The van der Waals surface area contributed by atoms with Crippen molar-refractivity contribution in [1.82, 2.24) is 4.98 Å². The van der Waals surface area contributed by atoms with Crippen molar-refractivity contribution in [2.24, 2.45) is 0 Å². The number of hydrogen-bond acceptors (Lipinski definition) is 3. The highest BCUT2D eigenvalue weighted by Gasteiger charge is 2.08. The molecule has 0 bridgehead atoms. The molecule has 2 aromatic rings. The Morgan fingerprint density at radius 3 is 2.94 bits per heavy atom.